The third-order valence-electron chi connectivity index (χ3n) is 0.556. The summed E-state index contributed by atoms with van der Waals surface area (Å²) in [6.07, 6.45) is 10.0. The summed E-state index contributed by atoms with van der Waals surface area (Å²) in [6.45, 7) is 0. The maximum absolute atomic E-state index is 2.00. The van der Waals surface area contributed by atoms with Crippen molar-refractivity contribution < 1.29 is 37.7 Å². The Kier molecular flexibility index (Phi) is 4.40. The summed E-state index contributed by atoms with van der Waals surface area (Å²) < 4.78 is 0. The second-order valence-electron chi connectivity index (χ2n) is 0.962. The van der Waals surface area contributed by atoms with Gasteiger partial charge in [0.15, 0.2) is 0 Å². The monoisotopic (exact) mass is 230 g/mol. The summed E-state index contributed by atoms with van der Waals surface area (Å²) >= 11 is 0. The third kappa shape index (κ3) is 2.01. The van der Waals surface area contributed by atoms with Crippen LogP contribution in [-0.2, 0) is 0 Å². The zero-order valence-electron chi connectivity index (χ0n) is 3.19. The topological polar surface area (TPSA) is 0 Å². The molecule has 0 bridgehead atoms. The Morgan fingerprint density at radius 3 is 1.33 bits per heavy atom. The van der Waals surface area contributed by atoms with Crippen molar-refractivity contribution in [1.82, 2.24) is 0 Å². The standard InChI is InChI=1S/C5H5.Ho/c1-2-4-5-3-1;/h1-5H;. The molecule has 0 saturated heterocycles. The molecular weight excluding hydrogens is 225 g/mol. The van der Waals surface area contributed by atoms with Gasteiger partial charge in [-0.3, -0.25) is 0 Å². The molecule has 0 aliphatic heterocycles. The second kappa shape index (κ2) is 3.91. The Labute approximate surface area is 67.9 Å². The van der Waals surface area contributed by atoms with Crippen LogP contribution < -0.4 is 0 Å². The second-order valence-corrected chi connectivity index (χ2v) is 0.962. The molecule has 1 heteroatoms. The summed E-state index contributed by atoms with van der Waals surface area (Å²) in [6, 6.07) is 0. The summed E-state index contributed by atoms with van der Waals surface area (Å²) in [5.41, 5.74) is 0. The summed E-state index contributed by atoms with van der Waals surface area (Å²) in [4.78, 5) is 0. The van der Waals surface area contributed by atoms with E-state index >= 15 is 0 Å². The normalized spacial score (nSPS) is 14.7. The van der Waals surface area contributed by atoms with Gasteiger partial charge >= 0.3 is 0 Å². The summed E-state index contributed by atoms with van der Waals surface area (Å²) in [7, 11) is 0. The van der Waals surface area contributed by atoms with Gasteiger partial charge in [-0.1, -0.05) is 24.3 Å². The molecule has 0 heterocycles. The molecule has 0 aromatic rings. The van der Waals surface area contributed by atoms with Crippen molar-refractivity contribution in [2.45, 2.75) is 0 Å². The average molecular weight is 230 g/mol. The predicted octanol–water partition coefficient (Wildman–Crippen LogP) is 1.32. The smallest absolute Gasteiger partial charge is 0.00506 e. The molecule has 0 aromatic carbocycles. The minimum Gasteiger partial charge on any atom is -0.0767 e. The largest absolute Gasteiger partial charge is 0.0767 e. The van der Waals surface area contributed by atoms with Crippen LogP contribution >= 0.6 is 0 Å². The van der Waals surface area contributed by atoms with E-state index in [0.29, 0.717) is 0 Å². The van der Waals surface area contributed by atoms with Crippen LogP contribution in [0.1, 0.15) is 0 Å². The van der Waals surface area contributed by atoms with Crippen molar-refractivity contribution in [3.05, 3.63) is 30.7 Å². The van der Waals surface area contributed by atoms with Gasteiger partial charge in [0, 0.05) is 44.2 Å². The molecule has 0 N–H and O–H groups in total. The first-order chi connectivity index (χ1) is 2.50. The van der Waals surface area contributed by atoms with E-state index in [9.17, 15) is 0 Å². The van der Waals surface area contributed by atoms with Gasteiger partial charge in [0.2, 0.25) is 0 Å². The molecule has 0 atom stereocenters. The number of allylic oxidation sites excluding steroid dienone is 4. The fourth-order valence-corrected chi connectivity index (χ4v) is 0.321. The van der Waals surface area contributed by atoms with Crippen LogP contribution in [0.15, 0.2) is 24.3 Å². The van der Waals surface area contributed by atoms with Crippen molar-refractivity contribution >= 4 is 0 Å². The number of rotatable bonds is 0. The van der Waals surface area contributed by atoms with E-state index in [1.165, 1.54) is 0 Å². The van der Waals surface area contributed by atoms with E-state index in [4.69, 9.17) is 0 Å². The van der Waals surface area contributed by atoms with Crippen molar-refractivity contribution in [1.29, 1.82) is 0 Å². The molecule has 6 heavy (non-hydrogen) atoms. The Morgan fingerprint density at radius 1 is 0.667 bits per heavy atom. The zero-order chi connectivity index (χ0) is 3.54. The van der Waals surface area contributed by atoms with Gasteiger partial charge in [0.25, 0.3) is 0 Å². The quantitative estimate of drug-likeness (QED) is 0.550. The fourth-order valence-electron chi connectivity index (χ4n) is 0.321. The predicted molar refractivity (Wildman–Crippen MR) is 22.6 cm³/mol. The Bertz CT molecular complexity index is 62.0. The summed E-state index contributed by atoms with van der Waals surface area (Å²) in [5.74, 6) is 0. The van der Waals surface area contributed by atoms with Gasteiger partial charge in [-0.2, -0.15) is 0 Å². The maximum atomic E-state index is 2.00. The van der Waals surface area contributed by atoms with Crippen LogP contribution in [0, 0.1) is 44.2 Å². The van der Waals surface area contributed by atoms with Gasteiger partial charge in [-0.05, 0) is 0 Å². The van der Waals surface area contributed by atoms with E-state index in [2.05, 4.69) is 0 Å². The number of hydrogen-bond donors (Lipinski definition) is 0. The Balaban J connectivity index is 0.000000250. The van der Waals surface area contributed by atoms with Gasteiger partial charge in [-0.25, -0.2) is 0 Å². The molecule has 0 nitrogen and oxygen atoms in total. The van der Waals surface area contributed by atoms with Crippen molar-refractivity contribution in [3.8, 4) is 0 Å². The average Bonchev–Trinajstić information content (AvgIpc) is 1.76. The molecular formula is C5H5Ho. The van der Waals surface area contributed by atoms with Crippen LogP contribution in [0.3, 0.4) is 0 Å². The molecule has 0 amide bonds. The first-order valence-electron chi connectivity index (χ1n) is 1.67. The first-order valence-corrected chi connectivity index (χ1v) is 1.67. The molecule has 0 fully saturated rings. The molecule has 2 radical (unpaired) electrons. The minimum atomic E-state index is 0. The van der Waals surface area contributed by atoms with E-state index < -0.39 is 0 Å². The van der Waals surface area contributed by atoms with Crippen LogP contribution in [0.4, 0.5) is 0 Å². The molecule has 1 aliphatic rings. The molecule has 0 saturated carbocycles. The Hall–Kier alpha value is 0.740. The van der Waals surface area contributed by atoms with Crippen LogP contribution in [-0.4, -0.2) is 0 Å². The number of hydrogen-bond acceptors (Lipinski definition) is 0. The van der Waals surface area contributed by atoms with Crippen molar-refractivity contribution in [2.75, 3.05) is 0 Å². The summed E-state index contributed by atoms with van der Waals surface area (Å²) in [5, 5.41) is 0. The molecule has 36 valence electrons. The van der Waals surface area contributed by atoms with Crippen molar-refractivity contribution in [2.24, 2.45) is 0 Å². The van der Waals surface area contributed by atoms with Crippen molar-refractivity contribution in [3.63, 3.8) is 0 Å². The Morgan fingerprint density at radius 2 is 1.17 bits per heavy atom. The molecule has 1 rings (SSSR count). The zero-order valence-corrected chi connectivity index (χ0v) is 5.12. The SMILES string of the molecule is [CH]1C=CC=C1.[Ho]. The van der Waals surface area contributed by atoms with Gasteiger partial charge in [-0.15, -0.1) is 0 Å². The van der Waals surface area contributed by atoms with Crippen LogP contribution in [0.5, 0.6) is 0 Å². The molecule has 1 aliphatic carbocycles. The van der Waals surface area contributed by atoms with Crippen LogP contribution in [0.25, 0.3) is 0 Å². The van der Waals surface area contributed by atoms with Crippen LogP contribution in [0.2, 0.25) is 0 Å². The minimum absolute atomic E-state index is 0. The molecule has 0 aromatic heterocycles. The molecule has 0 spiro atoms. The molecule has 0 unspecified atom stereocenters. The first kappa shape index (κ1) is 6.74. The van der Waals surface area contributed by atoms with E-state index in [-0.39, 0.29) is 37.7 Å². The van der Waals surface area contributed by atoms with E-state index in [1.807, 2.05) is 30.7 Å². The van der Waals surface area contributed by atoms with Gasteiger partial charge in [0.05, 0.1) is 0 Å². The maximum Gasteiger partial charge on any atom is 0.00506 e. The van der Waals surface area contributed by atoms with Gasteiger partial charge in [0.1, 0.15) is 0 Å². The van der Waals surface area contributed by atoms with Gasteiger partial charge < -0.3 is 0 Å². The van der Waals surface area contributed by atoms with E-state index in [0.717, 1.165) is 0 Å². The fraction of sp³-hybridized carbons (Fsp3) is 0. The third-order valence-corrected chi connectivity index (χ3v) is 0.556. The van der Waals surface area contributed by atoms with E-state index in [1.54, 1.807) is 0 Å².